The Morgan fingerprint density at radius 1 is 1.31 bits per heavy atom. The topological polar surface area (TPSA) is 39.2 Å². The van der Waals surface area contributed by atoms with Crippen molar-refractivity contribution in [3.63, 3.8) is 0 Å². The van der Waals surface area contributed by atoms with Gasteiger partial charge in [0.1, 0.15) is 11.3 Å². The molecule has 0 saturated heterocycles. The van der Waals surface area contributed by atoms with E-state index in [1.54, 1.807) is 0 Å². The van der Waals surface area contributed by atoms with Gasteiger partial charge in [0, 0.05) is 14.5 Å². The molecule has 0 bridgehead atoms. The highest BCUT2D eigenvalue weighted by Gasteiger charge is 2.24. The molecule has 0 unspecified atom stereocenters. The van der Waals surface area contributed by atoms with Gasteiger partial charge in [-0.25, -0.2) is 0 Å². The number of hydrogen-bond donors (Lipinski definition) is 1. The zero-order valence-electron chi connectivity index (χ0n) is 9.80. The lowest BCUT2D eigenvalue weighted by Crippen LogP contribution is -2.14. The van der Waals surface area contributed by atoms with Crippen LogP contribution < -0.4 is 5.73 Å². The van der Waals surface area contributed by atoms with E-state index in [2.05, 4.69) is 55.5 Å². The molecule has 0 amide bonds. The first-order valence-corrected chi connectivity index (χ1v) is 6.43. The molecule has 2 aromatic rings. The maximum atomic E-state index is 5.80. The van der Waals surface area contributed by atoms with Crippen molar-refractivity contribution in [1.29, 1.82) is 0 Å². The van der Waals surface area contributed by atoms with Crippen LogP contribution in [0.1, 0.15) is 32.1 Å². The van der Waals surface area contributed by atoms with Crippen molar-refractivity contribution in [3.8, 4) is 0 Å². The van der Waals surface area contributed by atoms with E-state index in [4.69, 9.17) is 10.2 Å². The standard InChI is InChI=1S/C13H16INO/c1-13(2,3)12-9-6-8(14)4-5-10(9)16-11(12)7-15/h4-6H,7,15H2,1-3H3. The second kappa shape index (κ2) is 4.04. The van der Waals surface area contributed by atoms with E-state index in [0.717, 1.165) is 11.3 Å². The van der Waals surface area contributed by atoms with Gasteiger partial charge >= 0.3 is 0 Å². The van der Waals surface area contributed by atoms with Crippen molar-refractivity contribution >= 4 is 33.6 Å². The van der Waals surface area contributed by atoms with Crippen LogP contribution in [-0.4, -0.2) is 0 Å². The van der Waals surface area contributed by atoms with Gasteiger partial charge in [0.15, 0.2) is 0 Å². The van der Waals surface area contributed by atoms with Crippen LogP contribution >= 0.6 is 22.6 Å². The first-order valence-electron chi connectivity index (χ1n) is 5.35. The Balaban J connectivity index is 2.81. The average molecular weight is 329 g/mol. The van der Waals surface area contributed by atoms with Gasteiger partial charge in [-0.2, -0.15) is 0 Å². The molecule has 2 rings (SSSR count). The number of rotatable bonds is 1. The minimum Gasteiger partial charge on any atom is -0.459 e. The van der Waals surface area contributed by atoms with Crippen LogP contribution in [0, 0.1) is 3.57 Å². The molecule has 1 heterocycles. The van der Waals surface area contributed by atoms with E-state index in [9.17, 15) is 0 Å². The fraction of sp³-hybridized carbons (Fsp3) is 0.385. The monoisotopic (exact) mass is 329 g/mol. The van der Waals surface area contributed by atoms with Crippen molar-refractivity contribution < 1.29 is 4.42 Å². The quantitative estimate of drug-likeness (QED) is 0.809. The highest BCUT2D eigenvalue weighted by molar-refractivity contribution is 14.1. The van der Waals surface area contributed by atoms with Crippen molar-refractivity contribution in [2.45, 2.75) is 32.7 Å². The van der Waals surface area contributed by atoms with Crippen LogP contribution in [-0.2, 0) is 12.0 Å². The zero-order chi connectivity index (χ0) is 11.9. The molecule has 0 aliphatic carbocycles. The highest BCUT2D eigenvalue weighted by Crippen LogP contribution is 2.35. The molecule has 0 spiro atoms. The smallest absolute Gasteiger partial charge is 0.134 e. The summed E-state index contributed by atoms with van der Waals surface area (Å²) in [5, 5.41) is 1.19. The average Bonchev–Trinajstić information content (AvgIpc) is 2.54. The summed E-state index contributed by atoms with van der Waals surface area (Å²) in [5.74, 6) is 0.907. The largest absolute Gasteiger partial charge is 0.459 e. The molecule has 0 saturated carbocycles. The Hall–Kier alpha value is -0.550. The second-order valence-corrected chi connectivity index (χ2v) is 6.24. The lowest BCUT2D eigenvalue weighted by atomic mass is 9.85. The lowest BCUT2D eigenvalue weighted by molar-refractivity contribution is 0.511. The van der Waals surface area contributed by atoms with Crippen molar-refractivity contribution in [2.24, 2.45) is 5.73 Å². The SMILES string of the molecule is CC(C)(C)c1c(CN)oc2ccc(I)cc12. The van der Waals surface area contributed by atoms with Crippen LogP contribution in [0.3, 0.4) is 0 Å². The van der Waals surface area contributed by atoms with Gasteiger partial charge in [-0.1, -0.05) is 20.8 Å². The summed E-state index contributed by atoms with van der Waals surface area (Å²) in [4.78, 5) is 0. The molecule has 16 heavy (non-hydrogen) atoms. The number of nitrogens with two attached hydrogens (primary N) is 1. The van der Waals surface area contributed by atoms with Crippen molar-refractivity contribution in [1.82, 2.24) is 0 Å². The first kappa shape index (κ1) is 11.9. The van der Waals surface area contributed by atoms with Crippen LogP contribution in [0.15, 0.2) is 22.6 Å². The first-order chi connectivity index (χ1) is 7.43. The second-order valence-electron chi connectivity index (χ2n) is 4.99. The van der Waals surface area contributed by atoms with Gasteiger partial charge in [-0.05, 0) is 46.2 Å². The summed E-state index contributed by atoms with van der Waals surface area (Å²) in [6.45, 7) is 7.03. The Morgan fingerprint density at radius 2 is 2.00 bits per heavy atom. The molecule has 0 radical (unpaired) electrons. The lowest BCUT2D eigenvalue weighted by Gasteiger charge is -2.18. The Morgan fingerprint density at radius 3 is 2.56 bits per heavy atom. The maximum absolute atomic E-state index is 5.80. The summed E-state index contributed by atoms with van der Waals surface area (Å²) in [6, 6.07) is 6.24. The van der Waals surface area contributed by atoms with E-state index in [1.807, 2.05) is 6.07 Å². The number of hydrogen-bond acceptors (Lipinski definition) is 2. The third-order valence-electron chi connectivity index (χ3n) is 2.66. The third-order valence-corrected chi connectivity index (χ3v) is 3.33. The molecule has 0 atom stereocenters. The van der Waals surface area contributed by atoms with Crippen molar-refractivity contribution in [2.75, 3.05) is 0 Å². The van der Waals surface area contributed by atoms with Crippen LogP contribution in [0.5, 0.6) is 0 Å². The van der Waals surface area contributed by atoms with E-state index >= 15 is 0 Å². The minimum absolute atomic E-state index is 0.0599. The summed E-state index contributed by atoms with van der Waals surface area (Å²) in [6.07, 6.45) is 0. The van der Waals surface area contributed by atoms with Crippen LogP contribution in [0.4, 0.5) is 0 Å². The summed E-state index contributed by atoms with van der Waals surface area (Å²) >= 11 is 2.32. The van der Waals surface area contributed by atoms with Gasteiger partial charge in [-0.3, -0.25) is 0 Å². The number of fused-ring (bicyclic) bond motifs is 1. The molecule has 0 aliphatic heterocycles. The van der Waals surface area contributed by atoms with Gasteiger partial charge in [0.25, 0.3) is 0 Å². The maximum Gasteiger partial charge on any atom is 0.134 e. The molecule has 86 valence electrons. The van der Waals surface area contributed by atoms with Gasteiger partial charge in [0.05, 0.1) is 6.54 Å². The van der Waals surface area contributed by atoms with E-state index in [-0.39, 0.29) is 5.41 Å². The van der Waals surface area contributed by atoms with Crippen LogP contribution in [0.25, 0.3) is 11.0 Å². The van der Waals surface area contributed by atoms with Crippen molar-refractivity contribution in [3.05, 3.63) is 33.1 Å². The predicted molar refractivity (Wildman–Crippen MR) is 75.5 cm³/mol. The molecule has 0 aliphatic rings. The molecular formula is C13H16INO. The van der Waals surface area contributed by atoms with Crippen LogP contribution in [0.2, 0.25) is 0 Å². The molecule has 0 fully saturated rings. The van der Waals surface area contributed by atoms with Gasteiger partial charge < -0.3 is 10.2 Å². The minimum atomic E-state index is 0.0599. The Labute approximate surface area is 109 Å². The highest BCUT2D eigenvalue weighted by atomic mass is 127. The number of benzene rings is 1. The summed E-state index contributed by atoms with van der Waals surface area (Å²) < 4.78 is 7.02. The predicted octanol–water partition coefficient (Wildman–Crippen LogP) is 3.79. The summed E-state index contributed by atoms with van der Waals surface area (Å²) in [5.41, 5.74) is 7.99. The Bertz CT molecular complexity index is 522. The fourth-order valence-electron chi connectivity index (χ4n) is 2.09. The van der Waals surface area contributed by atoms with E-state index in [0.29, 0.717) is 6.54 Å². The summed E-state index contributed by atoms with van der Waals surface area (Å²) in [7, 11) is 0. The molecule has 1 aromatic heterocycles. The normalized spacial score (nSPS) is 12.3. The molecule has 1 aromatic carbocycles. The molecule has 2 N–H and O–H groups in total. The zero-order valence-corrected chi connectivity index (χ0v) is 12.0. The molecule has 3 heteroatoms. The third kappa shape index (κ3) is 1.98. The van der Waals surface area contributed by atoms with Gasteiger partial charge in [0.2, 0.25) is 0 Å². The fourth-order valence-corrected chi connectivity index (χ4v) is 2.58. The molecule has 2 nitrogen and oxygen atoms in total. The number of furan rings is 1. The Kier molecular flexibility index (Phi) is 3.01. The van der Waals surface area contributed by atoms with E-state index in [1.165, 1.54) is 14.5 Å². The van der Waals surface area contributed by atoms with Gasteiger partial charge in [-0.15, -0.1) is 0 Å². The van der Waals surface area contributed by atoms with E-state index < -0.39 is 0 Å². The number of halogens is 1. The molecular weight excluding hydrogens is 313 g/mol.